The van der Waals surface area contributed by atoms with Crippen molar-refractivity contribution in [3.63, 3.8) is 0 Å². The first-order valence-corrected chi connectivity index (χ1v) is 11.8. The molecule has 0 radical (unpaired) electrons. The fraction of sp³-hybridized carbons (Fsp3) is 0.261. The summed E-state index contributed by atoms with van der Waals surface area (Å²) in [7, 11) is 3.27. The lowest BCUT2D eigenvalue weighted by Crippen LogP contribution is -2.23. The average molecular weight is 566 g/mol. The molecule has 7 nitrogen and oxygen atoms in total. The monoisotopic (exact) mass is 566 g/mol. The maximum Gasteiger partial charge on any atom is 0.338 e. The second-order valence-corrected chi connectivity index (χ2v) is 8.77. The molecule has 2 aromatic carbocycles. The van der Waals surface area contributed by atoms with Crippen molar-refractivity contribution in [2.24, 2.45) is 4.99 Å². The summed E-state index contributed by atoms with van der Waals surface area (Å²) in [5.74, 6) is 0.790. The first-order valence-electron chi connectivity index (χ1n) is 9.91. The number of carbonyl (C=O) groups is 2. The number of thioether (sulfide) groups is 1. The second kappa shape index (κ2) is 10.9. The third kappa shape index (κ3) is 5.44. The highest BCUT2D eigenvalue weighted by Gasteiger charge is 2.30. The normalized spacial score (nSPS) is 16.0. The first-order chi connectivity index (χ1) is 15.4. The lowest BCUT2D eigenvalue weighted by molar-refractivity contribution is -0.121. The Hall–Kier alpha value is -2.53. The molecule has 1 saturated heterocycles. The van der Waals surface area contributed by atoms with Gasteiger partial charge in [-0.25, -0.2) is 9.79 Å². The van der Waals surface area contributed by atoms with Gasteiger partial charge in [-0.05, 0) is 96.2 Å². The van der Waals surface area contributed by atoms with Gasteiger partial charge in [-0.3, -0.25) is 9.69 Å². The summed E-state index contributed by atoms with van der Waals surface area (Å²) in [6.45, 7) is 4.53. The fourth-order valence-electron chi connectivity index (χ4n) is 2.91. The van der Waals surface area contributed by atoms with E-state index >= 15 is 0 Å². The Balaban J connectivity index is 1.85. The number of benzene rings is 2. The maximum atomic E-state index is 12.8. The van der Waals surface area contributed by atoms with Crippen LogP contribution in [0.2, 0.25) is 0 Å². The summed E-state index contributed by atoms with van der Waals surface area (Å²) in [6.07, 6.45) is 1.82. The summed E-state index contributed by atoms with van der Waals surface area (Å²) in [4.78, 5) is 31.2. The van der Waals surface area contributed by atoms with Crippen molar-refractivity contribution in [1.29, 1.82) is 0 Å². The molecule has 1 aliphatic heterocycles. The van der Waals surface area contributed by atoms with E-state index < -0.39 is 0 Å². The molecule has 168 valence electrons. The van der Waals surface area contributed by atoms with Crippen LogP contribution in [0.5, 0.6) is 11.5 Å². The van der Waals surface area contributed by atoms with E-state index in [0.29, 0.717) is 46.0 Å². The molecule has 1 fully saturated rings. The Bertz CT molecular complexity index is 1080. The van der Waals surface area contributed by atoms with Gasteiger partial charge in [-0.1, -0.05) is 0 Å². The van der Waals surface area contributed by atoms with Gasteiger partial charge in [-0.2, -0.15) is 0 Å². The van der Waals surface area contributed by atoms with Crippen molar-refractivity contribution in [2.75, 3.05) is 27.4 Å². The van der Waals surface area contributed by atoms with Crippen LogP contribution in [0.25, 0.3) is 6.08 Å². The minimum absolute atomic E-state index is 0.139. The SMILES string of the molecule is CCOC(=O)c1ccc(N=C2S/C(=C/c3cc(I)c(OCC)c(OC)c3)C(=O)N2C)cc1. The quantitative estimate of drug-likeness (QED) is 0.264. The summed E-state index contributed by atoms with van der Waals surface area (Å²) in [5.41, 5.74) is 1.93. The number of halogens is 1. The zero-order chi connectivity index (χ0) is 23.3. The molecule has 9 heteroatoms. The summed E-state index contributed by atoms with van der Waals surface area (Å²) in [5, 5.41) is 0.553. The number of amidine groups is 1. The van der Waals surface area contributed by atoms with Gasteiger partial charge in [0.25, 0.3) is 5.91 Å². The molecule has 0 aliphatic carbocycles. The maximum absolute atomic E-state index is 12.8. The number of methoxy groups -OCH3 is 1. The molecule has 0 aromatic heterocycles. The zero-order valence-corrected chi connectivity index (χ0v) is 21.2. The zero-order valence-electron chi connectivity index (χ0n) is 18.2. The predicted molar refractivity (Wildman–Crippen MR) is 135 cm³/mol. The van der Waals surface area contributed by atoms with E-state index in [1.54, 1.807) is 45.3 Å². The number of likely N-dealkylation sites (N-methyl/N-ethyl adjacent to an activating group) is 1. The summed E-state index contributed by atoms with van der Waals surface area (Å²) >= 11 is 3.48. The number of carbonyl (C=O) groups excluding carboxylic acids is 2. The largest absolute Gasteiger partial charge is 0.493 e. The molecule has 32 heavy (non-hydrogen) atoms. The highest BCUT2D eigenvalue weighted by molar-refractivity contribution is 14.1. The van der Waals surface area contributed by atoms with E-state index in [1.165, 1.54) is 16.7 Å². The standard InChI is InChI=1S/C23H23IN2O5S/c1-5-30-20-17(24)11-14(12-18(20)29-4)13-19-21(27)26(3)23(32-19)25-16-9-7-15(8-10-16)22(28)31-6-2/h7-13H,5-6H2,1-4H3/b19-13+,25-23?. The smallest absolute Gasteiger partial charge is 0.338 e. The van der Waals surface area contributed by atoms with Crippen LogP contribution in [0.4, 0.5) is 5.69 Å². The van der Waals surface area contributed by atoms with Crippen molar-refractivity contribution in [1.82, 2.24) is 4.90 Å². The fourth-order valence-corrected chi connectivity index (χ4v) is 4.68. The molecule has 2 aromatic rings. The Labute approximate surface area is 205 Å². The van der Waals surface area contributed by atoms with E-state index in [9.17, 15) is 9.59 Å². The predicted octanol–water partition coefficient (Wildman–Crippen LogP) is 5.11. The van der Waals surface area contributed by atoms with Crippen molar-refractivity contribution in [3.8, 4) is 11.5 Å². The van der Waals surface area contributed by atoms with Crippen LogP contribution >= 0.6 is 34.4 Å². The van der Waals surface area contributed by atoms with Gasteiger partial charge < -0.3 is 14.2 Å². The number of ether oxygens (including phenoxy) is 3. The molecule has 0 saturated carbocycles. The Morgan fingerprint density at radius 2 is 1.91 bits per heavy atom. The molecule has 1 aliphatic rings. The third-order valence-corrected chi connectivity index (χ3v) is 6.31. The van der Waals surface area contributed by atoms with Crippen LogP contribution in [0.15, 0.2) is 46.3 Å². The van der Waals surface area contributed by atoms with Gasteiger partial charge in [0, 0.05) is 7.05 Å². The van der Waals surface area contributed by atoms with Crippen molar-refractivity contribution < 1.29 is 23.8 Å². The number of esters is 1. The molecule has 0 bridgehead atoms. The van der Waals surface area contributed by atoms with Gasteiger partial charge in [0.05, 0.1) is 40.0 Å². The first kappa shape index (κ1) is 24.1. The van der Waals surface area contributed by atoms with E-state index in [2.05, 4.69) is 27.6 Å². The summed E-state index contributed by atoms with van der Waals surface area (Å²) < 4.78 is 17.0. The van der Waals surface area contributed by atoms with Crippen LogP contribution in [-0.4, -0.2) is 49.3 Å². The van der Waals surface area contributed by atoms with Crippen LogP contribution in [0, 0.1) is 3.57 Å². The molecule has 0 unspecified atom stereocenters. The molecule has 0 atom stereocenters. The number of nitrogens with zero attached hydrogens (tertiary/aromatic N) is 2. The highest BCUT2D eigenvalue weighted by atomic mass is 127. The van der Waals surface area contributed by atoms with Crippen LogP contribution < -0.4 is 9.47 Å². The second-order valence-electron chi connectivity index (χ2n) is 6.60. The van der Waals surface area contributed by atoms with Crippen molar-refractivity contribution in [2.45, 2.75) is 13.8 Å². The minimum Gasteiger partial charge on any atom is -0.493 e. The molecule has 1 heterocycles. The Kier molecular flexibility index (Phi) is 8.19. The summed E-state index contributed by atoms with van der Waals surface area (Å²) in [6, 6.07) is 10.5. The number of rotatable bonds is 7. The van der Waals surface area contributed by atoms with E-state index in [0.717, 1.165) is 9.13 Å². The van der Waals surface area contributed by atoms with Crippen LogP contribution in [-0.2, 0) is 9.53 Å². The molecule has 3 rings (SSSR count). The minimum atomic E-state index is -0.375. The Morgan fingerprint density at radius 3 is 2.53 bits per heavy atom. The topological polar surface area (TPSA) is 77.4 Å². The van der Waals surface area contributed by atoms with E-state index in [1.807, 2.05) is 25.1 Å². The molecule has 1 amide bonds. The van der Waals surface area contributed by atoms with Gasteiger partial charge in [0.2, 0.25) is 0 Å². The Morgan fingerprint density at radius 1 is 1.19 bits per heavy atom. The molecular weight excluding hydrogens is 543 g/mol. The lowest BCUT2D eigenvalue weighted by atomic mass is 10.2. The third-order valence-electron chi connectivity index (χ3n) is 4.44. The lowest BCUT2D eigenvalue weighted by Gasteiger charge is -2.12. The number of aliphatic imine (C=N–C) groups is 1. The number of hydrogen-bond acceptors (Lipinski definition) is 7. The molecule has 0 N–H and O–H groups in total. The van der Waals surface area contributed by atoms with Gasteiger partial charge in [-0.15, -0.1) is 0 Å². The molecular formula is C23H23IN2O5S. The van der Waals surface area contributed by atoms with Crippen LogP contribution in [0.1, 0.15) is 29.8 Å². The van der Waals surface area contributed by atoms with Gasteiger partial charge in [0.15, 0.2) is 16.7 Å². The van der Waals surface area contributed by atoms with Gasteiger partial charge in [0.1, 0.15) is 0 Å². The van der Waals surface area contributed by atoms with E-state index in [-0.39, 0.29) is 11.9 Å². The van der Waals surface area contributed by atoms with Gasteiger partial charge >= 0.3 is 5.97 Å². The average Bonchev–Trinajstić information content (AvgIpc) is 3.03. The van der Waals surface area contributed by atoms with E-state index in [4.69, 9.17) is 14.2 Å². The van der Waals surface area contributed by atoms with Crippen LogP contribution in [0.3, 0.4) is 0 Å². The van der Waals surface area contributed by atoms with Crippen molar-refractivity contribution in [3.05, 3.63) is 56.0 Å². The number of hydrogen-bond donors (Lipinski definition) is 0. The number of amides is 1. The van der Waals surface area contributed by atoms with Crippen molar-refractivity contribution >= 4 is 63.2 Å². The molecule has 0 spiro atoms. The highest BCUT2D eigenvalue weighted by Crippen LogP contribution is 2.37.